The van der Waals surface area contributed by atoms with Crippen molar-refractivity contribution >= 4 is 32.8 Å². The normalized spacial score (nSPS) is 16.3. The second-order valence-electron chi connectivity index (χ2n) is 6.90. The van der Waals surface area contributed by atoms with Gasteiger partial charge in [-0.05, 0) is 43.0 Å². The lowest BCUT2D eigenvalue weighted by atomic mass is 9.89. The van der Waals surface area contributed by atoms with Gasteiger partial charge in [-0.1, -0.05) is 19.3 Å². The summed E-state index contributed by atoms with van der Waals surface area (Å²) in [7, 11) is 0. The highest BCUT2D eigenvalue weighted by Crippen LogP contribution is 2.33. The van der Waals surface area contributed by atoms with Crippen molar-refractivity contribution in [1.29, 1.82) is 0 Å². The number of pyridine rings is 2. The van der Waals surface area contributed by atoms with Crippen LogP contribution in [-0.2, 0) is 6.54 Å². The van der Waals surface area contributed by atoms with Crippen LogP contribution in [0.5, 0.6) is 0 Å². The van der Waals surface area contributed by atoms with E-state index in [0.717, 1.165) is 39.8 Å². The highest BCUT2D eigenvalue weighted by Gasteiger charge is 2.18. The number of hydrogen-bond acceptors (Lipinski definition) is 3. The first-order valence-electron chi connectivity index (χ1n) is 8.88. The third-order valence-electron chi connectivity index (χ3n) is 5.37. The van der Waals surface area contributed by atoms with Crippen molar-refractivity contribution in [2.45, 2.75) is 38.6 Å². The quantitative estimate of drug-likeness (QED) is 0.503. The van der Waals surface area contributed by atoms with Crippen molar-refractivity contribution in [2.24, 2.45) is 5.92 Å². The van der Waals surface area contributed by atoms with Gasteiger partial charge in [0.05, 0.1) is 28.4 Å². The van der Waals surface area contributed by atoms with E-state index in [2.05, 4.69) is 26.7 Å². The molecule has 3 heterocycles. The van der Waals surface area contributed by atoms with Crippen molar-refractivity contribution in [3.8, 4) is 0 Å². The summed E-state index contributed by atoms with van der Waals surface area (Å²) in [5.74, 6) is 0.771. The average molecular weight is 316 g/mol. The first-order valence-corrected chi connectivity index (χ1v) is 8.88. The third kappa shape index (κ3) is 2.09. The summed E-state index contributed by atoms with van der Waals surface area (Å²) in [5, 5.41) is 2.26. The van der Waals surface area contributed by atoms with Crippen LogP contribution in [0.3, 0.4) is 0 Å². The summed E-state index contributed by atoms with van der Waals surface area (Å²) in [4.78, 5) is 14.0. The Labute approximate surface area is 140 Å². The minimum atomic E-state index is 0.771. The molecule has 0 spiro atoms. The van der Waals surface area contributed by atoms with Crippen LogP contribution in [0, 0.1) is 5.92 Å². The molecule has 4 nitrogen and oxygen atoms in total. The molecule has 5 rings (SSSR count). The Balaban J connectivity index is 1.78. The fourth-order valence-corrected chi connectivity index (χ4v) is 4.22. The predicted octanol–water partition coefficient (Wildman–Crippen LogP) is 4.71. The summed E-state index contributed by atoms with van der Waals surface area (Å²) < 4.78 is 2.35. The minimum absolute atomic E-state index is 0.771. The zero-order chi connectivity index (χ0) is 15.9. The molecule has 24 heavy (non-hydrogen) atoms. The maximum atomic E-state index is 4.76. The summed E-state index contributed by atoms with van der Waals surface area (Å²) in [5.41, 5.74) is 4.19. The maximum absolute atomic E-state index is 4.76. The molecule has 0 aliphatic heterocycles. The molecule has 0 amide bonds. The van der Waals surface area contributed by atoms with E-state index in [4.69, 9.17) is 4.98 Å². The van der Waals surface area contributed by atoms with Crippen LogP contribution in [0.1, 0.15) is 32.1 Å². The molecule has 1 aromatic carbocycles. The van der Waals surface area contributed by atoms with Gasteiger partial charge in [-0.2, -0.15) is 0 Å². The first kappa shape index (κ1) is 13.9. The summed E-state index contributed by atoms with van der Waals surface area (Å²) in [6.07, 6.45) is 12.5. The molecule has 1 aliphatic carbocycles. The maximum Gasteiger partial charge on any atom is 0.0987 e. The molecular weight excluding hydrogens is 296 g/mol. The Bertz CT molecular complexity index is 1030. The minimum Gasteiger partial charge on any atom is -0.330 e. The lowest BCUT2D eigenvalue weighted by Crippen LogP contribution is -2.13. The molecule has 4 aromatic rings. The van der Waals surface area contributed by atoms with E-state index in [1.807, 2.05) is 30.9 Å². The fourth-order valence-electron chi connectivity index (χ4n) is 4.22. The number of nitrogens with zero attached hydrogens (tertiary/aromatic N) is 4. The van der Waals surface area contributed by atoms with Crippen LogP contribution < -0.4 is 0 Å². The third-order valence-corrected chi connectivity index (χ3v) is 5.37. The molecule has 0 atom stereocenters. The second kappa shape index (κ2) is 5.55. The topological polar surface area (TPSA) is 43.6 Å². The van der Waals surface area contributed by atoms with Gasteiger partial charge in [0.2, 0.25) is 0 Å². The van der Waals surface area contributed by atoms with Gasteiger partial charge in [-0.3, -0.25) is 9.97 Å². The zero-order valence-corrected chi connectivity index (χ0v) is 13.7. The van der Waals surface area contributed by atoms with Gasteiger partial charge in [-0.15, -0.1) is 0 Å². The Kier molecular flexibility index (Phi) is 3.21. The van der Waals surface area contributed by atoms with E-state index in [9.17, 15) is 0 Å². The van der Waals surface area contributed by atoms with Crippen LogP contribution in [-0.4, -0.2) is 19.5 Å². The van der Waals surface area contributed by atoms with Crippen molar-refractivity contribution in [2.75, 3.05) is 0 Å². The lowest BCUT2D eigenvalue weighted by Gasteiger charge is -2.22. The molecule has 0 N–H and O–H groups in total. The van der Waals surface area contributed by atoms with Crippen molar-refractivity contribution in [1.82, 2.24) is 19.5 Å². The molecule has 1 fully saturated rings. The molecule has 120 valence electrons. The zero-order valence-electron chi connectivity index (χ0n) is 13.7. The number of imidazole rings is 1. The Hall–Kier alpha value is -2.49. The fraction of sp³-hybridized carbons (Fsp3) is 0.350. The number of hydrogen-bond donors (Lipinski definition) is 0. The predicted molar refractivity (Wildman–Crippen MR) is 96.9 cm³/mol. The number of aromatic nitrogens is 4. The van der Waals surface area contributed by atoms with Crippen LogP contribution in [0.2, 0.25) is 0 Å². The van der Waals surface area contributed by atoms with Gasteiger partial charge in [0, 0.05) is 29.7 Å². The first-order chi connectivity index (χ1) is 11.9. The average Bonchev–Trinajstić information content (AvgIpc) is 3.07. The second-order valence-corrected chi connectivity index (χ2v) is 6.90. The highest BCUT2D eigenvalue weighted by molar-refractivity contribution is 6.20. The van der Waals surface area contributed by atoms with Crippen LogP contribution >= 0.6 is 0 Å². The smallest absolute Gasteiger partial charge is 0.0987 e. The summed E-state index contributed by atoms with van der Waals surface area (Å²) in [6.45, 7) is 1.06. The van der Waals surface area contributed by atoms with Gasteiger partial charge >= 0.3 is 0 Å². The number of fused-ring (bicyclic) bond motifs is 6. The summed E-state index contributed by atoms with van der Waals surface area (Å²) in [6, 6.07) is 8.25. The van der Waals surface area contributed by atoms with Gasteiger partial charge in [-0.25, -0.2) is 4.98 Å². The molecular formula is C20H20N4. The molecule has 3 aromatic heterocycles. The SMILES string of the molecule is c1cnc2c(c1)c1ncn(CC3CCCCC3)c1c1cccnc12. The van der Waals surface area contributed by atoms with Gasteiger partial charge < -0.3 is 4.57 Å². The monoisotopic (exact) mass is 316 g/mol. The Morgan fingerprint density at radius 1 is 0.833 bits per heavy atom. The van der Waals surface area contributed by atoms with Gasteiger partial charge in [0.15, 0.2) is 0 Å². The lowest BCUT2D eigenvalue weighted by molar-refractivity contribution is 0.322. The molecule has 4 heteroatoms. The van der Waals surface area contributed by atoms with Crippen molar-refractivity contribution < 1.29 is 0 Å². The standard InChI is InChI=1S/C20H20N4/c1-2-6-14(7-3-1)12-24-13-23-19-15-8-4-10-21-17(15)18-16(20(19)24)9-5-11-22-18/h4-5,8-11,13-14H,1-3,6-7,12H2. The largest absolute Gasteiger partial charge is 0.330 e. The molecule has 1 saturated carbocycles. The van der Waals surface area contributed by atoms with Gasteiger partial charge in [0.25, 0.3) is 0 Å². The Morgan fingerprint density at radius 3 is 2.33 bits per heavy atom. The van der Waals surface area contributed by atoms with E-state index in [1.165, 1.54) is 37.6 Å². The molecule has 0 unspecified atom stereocenters. The molecule has 1 aliphatic rings. The van der Waals surface area contributed by atoms with Crippen molar-refractivity contribution in [3.05, 3.63) is 43.0 Å². The van der Waals surface area contributed by atoms with E-state index in [0.29, 0.717) is 0 Å². The molecule has 0 saturated heterocycles. The van der Waals surface area contributed by atoms with Crippen LogP contribution in [0.25, 0.3) is 32.8 Å². The summed E-state index contributed by atoms with van der Waals surface area (Å²) >= 11 is 0. The van der Waals surface area contributed by atoms with Gasteiger partial charge in [0.1, 0.15) is 0 Å². The molecule has 0 bridgehead atoms. The van der Waals surface area contributed by atoms with Crippen LogP contribution in [0.4, 0.5) is 0 Å². The highest BCUT2D eigenvalue weighted by atomic mass is 15.0. The Morgan fingerprint density at radius 2 is 1.54 bits per heavy atom. The van der Waals surface area contributed by atoms with E-state index < -0.39 is 0 Å². The van der Waals surface area contributed by atoms with E-state index >= 15 is 0 Å². The number of rotatable bonds is 2. The van der Waals surface area contributed by atoms with E-state index in [-0.39, 0.29) is 0 Å². The van der Waals surface area contributed by atoms with Crippen molar-refractivity contribution in [3.63, 3.8) is 0 Å². The number of benzene rings is 1. The molecule has 0 radical (unpaired) electrons. The van der Waals surface area contributed by atoms with Crippen LogP contribution in [0.15, 0.2) is 43.0 Å². The van der Waals surface area contributed by atoms with E-state index in [1.54, 1.807) is 0 Å².